The molecule has 2 nitrogen and oxygen atoms in total. The lowest BCUT2D eigenvalue weighted by Gasteiger charge is -1.96. The van der Waals surface area contributed by atoms with E-state index in [4.69, 9.17) is 23.2 Å². The molecular weight excluding hydrogens is 251 g/mol. The second kappa shape index (κ2) is 4.00. The minimum Gasteiger partial charge on any atom is -0.223 e. The number of sulfone groups is 1. The van der Waals surface area contributed by atoms with Gasteiger partial charge in [-0.3, -0.25) is 0 Å². The van der Waals surface area contributed by atoms with Crippen molar-refractivity contribution in [1.29, 1.82) is 0 Å². The van der Waals surface area contributed by atoms with Crippen molar-refractivity contribution in [3.63, 3.8) is 0 Å². The van der Waals surface area contributed by atoms with E-state index in [1.165, 1.54) is 12.1 Å². The van der Waals surface area contributed by atoms with Gasteiger partial charge in [-0.15, -0.1) is 17.9 Å². The van der Waals surface area contributed by atoms with Gasteiger partial charge >= 0.3 is 0 Å². The van der Waals surface area contributed by atoms with Crippen molar-refractivity contribution in [3.8, 4) is 0 Å². The van der Waals surface area contributed by atoms with Crippen LogP contribution in [0.5, 0.6) is 0 Å². The topological polar surface area (TPSA) is 34.1 Å². The Morgan fingerprint density at radius 1 is 1.54 bits per heavy atom. The summed E-state index contributed by atoms with van der Waals surface area (Å²) in [5.74, 6) is -0.125. The van der Waals surface area contributed by atoms with Crippen molar-refractivity contribution in [2.24, 2.45) is 0 Å². The summed E-state index contributed by atoms with van der Waals surface area (Å²) in [5, 5.41) is 0. The van der Waals surface area contributed by atoms with Gasteiger partial charge in [-0.2, -0.15) is 0 Å². The molecule has 0 unspecified atom stereocenters. The van der Waals surface area contributed by atoms with E-state index in [0.717, 1.165) is 11.3 Å². The number of rotatable bonds is 3. The van der Waals surface area contributed by atoms with Gasteiger partial charge in [0.1, 0.15) is 4.34 Å². The average Bonchev–Trinajstić information content (AvgIpc) is 2.30. The molecule has 0 bridgehead atoms. The van der Waals surface area contributed by atoms with Gasteiger partial charge in [0, 0.05) is 0 Å². The van der Waals surface area contributed by atoms with Crippen molar-refractivity contribution >= 4 is 44.4 Å². The van der Waals surface area contributed by atoms with Gasteiger partial charge in [0.05, 0.1) is 15.0 Å². The zero-order valence-corrected chi connectivity index (χ0v) is 9.60. The largest absolute Gasteiger partial charge is 0.223 e. The molecule has 1 heterocycles. The molecule has 6 heteroatoms. The monoisotopic (exact) mass is 256 g/mol. The summed E-state index contributed by atoms with van der Waals surface area (Å²) in [6.07, 6.45) is 1.32. The molecule has 0 saturated carbocycles. The maximum absolute atomic E-state index is 11.5. The summed E-state index contributed by atoms with van der Waals surface area (Å²) in [6, 6.07) is 1.35. The van der Waals surface area contributed by atoms with Crippen molar-refractivity contribution in [3.05, 3.63) is 27.4 Å². The first kappa shape index (κ1) is 11.0. The molecule has 1 aromatic rings. The van der Waals surface area contributed by atoms with Crippen LogP contribution in [0.15, 0.2) is 23.6 Å². The molecule has 1 rings (SSSR count). The SMILES string of the molecule is C=CCS(=O)(=O)c1cc(Cl)sc1Cl. The quantitative estimate of drug-likeness (QED) is 0.780. The van der Waals surface area contributed by atoms with Crippen LogP contribution in [-0.4, -0.2) is 14.2 Å². The summed E-state index contributed by atoms with van der Waals surface area (Å²) < 4.78 is 23.5. The smallest absolute Gasteiger partial charge is 0.184 e. The third-order valence-electron chi connectivity index (χ3n) is 1.30. The number of halogens is 2. The predicted molar refractivity (Wildman–Crippen MR) is 56.6 cm³/mol. The Hall–Kier alpha value is -0.0300. The van der Waals surface area contributed by atoms with Gasteiger partial charge in [-0.05, 0) is 6.07 Å². The summed E-state index contributed by atoms with van der Waals surface area (Å²) in [6.45, 7) is 3.36. The highest BCUT2D eigenvalue weighted by Gasteiger charge is 2.19. The molecule has 72 valence electrons. The van der Waals surface area contributed by atoms with E-state index in [2.05, 4.69) is 6.58 Å². The highest BCUT2D eigenvalue weighted by molar-refractivity contribution is 7.91. The highest BCUT2D eigenvalue weighted by atomic mass is 35.5. The van der Waals surface area contributed by atoms with Crippen LogP contribution in [0, 0.1) is 0 Å². The van der Waals surface area contributed by atoms with Gasteiger partial charge < -0.3 is 0 Å². The molecule has 0 saturated heterocycles. The fourth-order valence-corrected chi connectivity index (χ4v) is 4.08. The molecule has 13 heavy (non-hydrogen) atoms. The van der Waals surface area contributed by atoms with Crippen LogP contribution in [0.25, 0.3) is 0 Å². The van der Waals surface area contributed by atoms with Gasteiger partial charge in [-0.25, -0.2) is 8.42 Å². The number of hydrogen-bond donors (Lipinski definition) is 0. The molecular formula is C7H6Cl2O2S2. The summed E-state index contributed by atoms with van der Waals surface area (Å²) in [7, 11) is -3.34. The van der Waals surface area contributed by atoms with Crippen LogP contribution in [-0.2, 0) is 9.84 Å². The lowest BCUT2D eigenvalue weighted by atomic mass is 10.7. The Balaban J connectivity index is 3.21. The van der Waals surface area contributed by atoms with E-state index < -0.39 is 9.84 Å². The van der Waals surface area contributed by atoms with Gasteiger partial charge in [0.25, 0.3) is 0 Å². The Morgan fingerprint density at radius 2 is 2.15 bits per heavy atom. The highest BCUT2D eigenvalue weighted by Crippen LogP contribution is 2.34. The normalized spacial score (nSPS) is 11.5. The summed E-state index contributed by atoms with van der Waals surface area (Å²) >= 11 is 12.3. The molecule has 0 amide bonds. The minimum atomic E-state index is -3.34. The molecule has 0 aliphatic rings. The van der Waals surface area contributed by atoms with Crippen LogP contribution >= 0.6 is 34.5 Å². The third kappa shape index (κ3) is 2.47. The standard InChI is InChI=1S/C7H6Cl2O2S2/c1-2-3-13(10,11)5-4-6(8)12-7(5)9/h2,4H,1,3H2. The fraction of sp³-hybridized carbons (Fsp3) is 0.143. The molecule has 0 aliphatic heterocycles. The second-order valence-corrected chi connectivity index (χ2v) is 6.55. The van der Waals surface area contributed by atoms with Crippen molar-refractivity contribution in [1.82, 2.24) is 0 Å². The Kier molecular flexibility index (Phi) is 3.40. The van der Waals surface area contributed by atoms with Gasteiger partial charge in [0.15, 0.2) is 9.84 Å². The lowest BCUT2D eigenvalue weighted by Crippen LogP contribution is -2.03. The molecule has 0 aromatic carbocycles. The molecule has 0 fully saturated rings. The third-order valence-corrected chi connectivity index (χ3v) is 4.69. The van der Waals surface area contributed by atoms with E-state index in [1.807, 2.05) is 0 Å². The first-order chi connectivity index (χ1) is 5.97. The Morgan fingerprint density at radius 3 is 2.54 bits per heavy atom. The van der Waals surface area contributed by atoms with Gasteiger partial charge in [0.2, 0.25) is 0 Å². The Bertz CT molecular complexity index is 420. The van der Waals surface area contributed by atoms with Crippen LogP contribution in [0.1, 0.15) is 0 Å². The predicted octanol–water partition coefficient (Wildman–Crippen LogP) is 3.01. The van der Waals surface area contributed by atoms with E-state index in [0.29, 0.717) is 4.34 Å². The van der Waals surface area contributed by atoms with Crippen molar-refractivity contribution in [2.75, 3.05) is 5.75 Å². The molecule has 1 aromatic heterocycles. The molecule has 0 spiro atoms. The van der Waals surface area contributed by atoms with E-state index in [9.17, 15) is 8.42 Å². The molecule has 0 aliphatic carbocycles. The minimum absolute atomic E-state index is 0.0871. The Labute approximate surface area is 90.7 Å². The van der Waals surface area contributed by atoms with Crippen LogP contribution in [0.2, 0.25) is 8.67 Å². The van der Waals surface area contributed by atoms with Crippen LogP contribution < -0.4 is 0 Å². The molecule has 0 atom stereocenters. The second-order valence-electron chi connectivity index (χ2n) is 2.26. The number of thiophene rings is 1. The fourth-order valence-electron chi connectivity index (χ4n) is 0.782. The van der Waals surface area contributed by atoms with E-state index in [1.54, 1.807) is 0 Å². The maximum Gasteiger partial charge on any atom is 0.184 e. The molecule has 0 radical (unpaired) electrons. The lowest BCUT2D eigenvalue weighted by molar-refractivity contribution is 0.599. The molecule has 0 N–H and O–H groups in total. The van der Waals surface area contributed by atoms with Crippen LogP contribution in [0.4, 0.5) is 0 Å². The average molecular weight is 257 g/mol. The van der Waals surface area contributed by atoms with Gasteiger partial charge in [-0.1, -0.05) is 29.3 Å². The zero-order valence-electron chi connectivity index (χ0n) is 6.46. The van der Waals surface area contributed by atoms with Crippen LogP contribution in [0.3, 0.4) is 0 Å². The van der Waals surface area contributed by atoms with E-state index in [-0.39, 0.29) is 15.0 Å². The van der Waals surface area contributed by atoms with Crippen molar-refractivity contribution < 1.29 is 8.42 Å². The zero-order chi connectivity index (χ0) is 10.1. The first-order valence-electron chi connectivity index (χ1n) is 3.26. The number of hydrogen-bond acceptors (Lipinski definition) is 3. The maximum atomic E-state index is 11.5. The summed E-state index contributed by atoms with van der Waals surface area (Å²) in [5.41, 5.74) is 0. The van der Waals surface area contributed by atoms with Crippen molar-refractivity contribution in [2.45, 2.75) is 4.90 Å². The van der Waals surface area contributed by atoms with E-state index >= 15 is 0 Å². The first-order valence-corrected chi connectivity index (χ1v) is 6.48. The summed E-state index contributed by atoms with van der Waals surface area (Å²) in [4.78, 5) is 0.0871.